The second-order valence-corrected chi connectivity index (χ2v) is 9.25. The van der Waals surface area contributed by atoms with Crippen molar-refractivity contribution in [2.24, 2.45) is 0 Å². The molecule has 2 aromatic heterocycles. The molecule has 0 atom stereocenters. The van der Waals surface area contributed by atoms with E-state index in [0.717, 1.165) is 56.7 Å². The van der Waals surface area contributed by atoms with Crippen LogP contribution < -0.4 is 5.43 Å². The van der Waals surface area contributed by atoms with Gasteiger partial charge in [0, 0.05) is 50.3 Å². The van der Waals surface area contributed by atoms with Crippen LogP contribution >= 0.6 is 0 Å². The van der Waals surface area contributed by atoms with Crippen LogP contribution in [-0.2, 0) is 11.3 Å². The number of piperazine rings is 1. The smallest absolute Gasteiger partial charge is 0.222 e. The highest BCUT2D eigenvalue weighted by Gasteiger charge is 2.23. The molecule has 5 rings (SSSR count). The van der Waals surface area contributed by atoms with Crippen LogP contribution in [0.5, 0.6) is 0 Å². The van der Waals surface area contributed by atoms with E-state index in [9.17, 15) is 9.59 Å². The van der Waals surface area contributed by atoms with Crippen LogP contribution in [0.25, 0.3) is 33.5 Å². The minimum absolute atomic E-state index is 0.126. The number of unbranched alkanes of at least 4 members (excludes halogenated alkanes) is 1. The number of fused-ring (bicyclic) bond motifs is 1. The van der Waals surface area contributed by atoms with E-state index in [-0.39, 0.29) is 11.3 Å². The van der Waals surface area contributed by atoms with Crippen LogP contribution in [0.4, 0.5) is 0 Å². The number of carbonyl (C=O) groups excluding carboxylic acids is 1. The second kappa shape index (κ2) is 10.9. The number of amides is 1. The molecule has 0 radical (unpaired) electrons. The number of nitrogens with zero attached hydrogens (tertiary/aromatic N) is 5. The molecule has 4 aromatic rings. The molecule has 0 spiro atoms. The van der Waals surface area contributed by atoms with Gasteiger partial charge in [0.2, 0.25) is 11.3 Å². The molecule has 0 unspecified atom stereocenters. The van der Waals surface area contributed by atoms with Gasteiger partial charge in [-0.15, -0.1) is 0 Å². The topological polar surface area (TPSA) is 87.1 Å². The Morgan fingerprint density at radius 3 is 2.17 bits per heavy atom. The summed E-state index contributed by atoms with van der Waals surface area (Å²) in [5.41, 5.74) is 3.24. The fourth-order valence-electron chi connectivity index (χ4n) is 4.76. The summed E-state index contributed by atoms with van der Waals surface area (Å²) < 4.78 is 1.86. The summed E-state index contributed by atoms with van der Waals surface area (Å²) in [6, 6.07) is 19.3. The average molecular weight is 485 g/mol. The van der Waals surface area contributed by atoms with E-state index in [2.05, 4.69) is 22.0 Å². The van der Waals surface area contributed by atoms with Crippen LogP contribution in [0.3, 0.4) is 0 Å². The van der Waals surface area contributed by atoms with Crippen molar-refractivity contribution in [3.63, 3.8) is 0 Å². The van der Waals surface area contributed by atoms with E-state index < -0.39 is 0 Å². The molecule has 186 valence electrons. The molecule has 0 aliphatic carbocycles. The molecule has 0 saturated carbocycles. The number of rotatable bonds is 8. The van der Waals surface area contributed by atoms with Crippen molar-refractivity contribution in [2.45, 2.75) is 32.7 Å². The Bertz CT molecular complexity index is 1370. The third-order valence-corrected chi connectivity index (χ3v) is 6.86. The summed E-state index contributed by atoms with van der Waals surface area (Å²) >= 11 is 0. The average Bonchev–Trinajstić information content (AvgIpc) is 3.31. The standard InChI is InChI=1S/C28H32N6O2/c1-2-3-14-23(35)33-18-15-32(16-19-33)17-20-34-28-24(25(31-34)21-10-6-4-7-11-21)27(36)26(29-30-28)22-12-8-5-9-13-22/h4-13H,2-3,14-20H2,1H3,(H,30,36). The number of H-pyrrole nitrogens is 1. The molecular formula is C28H32N6O2. The van der Waals surface area contributed by atoms with Crippen molar-refractivity contribution in [3.8, 4) is 22.5 Å². The Kier molecular flexibility index (Phi) is 7.23. The first kappa shape index (κ1) is 23.9. The highest BCUT2D eigenvalue weighted by Crippen LogP contribution is 2.26. The number of aromatic amines is 1. The van der Waals surface area contributed by atoms with Gasteiger partial charge in [-0.1, -0.05) is 74.0 Å². The minimum atomic E-state index is -0.126. The molecule has 1 fully saturated rings. The first-order valence-electron chi connectivity index (χ1n) is 12.8. The number of aromatic nitrogens is 4. The van der Waals surface area contributed by atoms with Crippen molar-refractivity contribution >= 4 is 16.9 Å². The molecule has 1 N–H and O–H groups in total. The Labute approximate surface area is 210 Å². The lowest BCUT2D eigenvalue weighted by molar-refractivity contribution is -0.133. The lowest BCUT2D eigenvalue weighted by atomic mass is 10.1. The van der Waals surface area contributed by atoms with Gasteiger partial charge in [0.05, 0.1) is 11.9 Å². The number of benzene rings is 2. The number of nitrogens with one attached hydrogen (secondary N) is 1. The fraction of sp³-hybridized carbons (Fsp3) is 0.357. The third-order valence-electron chi connectivity index (χ3n) is 6.86. The largest absolute Gasteiger partial charge is 0.340 e. The second-order valence-electron chi connectivity index (χ2n) is 9.25. The van der Waals surface area contributed by atoms with Crippen molar-refractivity contribution in [1.82, 2.24) is 29.8 Å². The van der Waals surface area contributed by atoms with Gasteiger partial charge in [-0.05, 0) is 6.42 Å². The van der Waals surface area contributed by atoms with Crippen molar-refractivity contribution in [2.75, 3.05) is 32.7 Å². The van der Waals surface area contributed by atoms with E-state index >= 15 is 0 Å². The summed E-state index contributed by atoms with van der Waals surface area (Å²) in [5, 5.41) is 13.0. The van der Waals surface area contributed by atoms with Crippen molar-refractivity contribution in [1.29, 1.82) is 0 Å². The van der Waals surface area contributed by atoms with E-state index in [1.165, 1.54) is 0 Å². The van der Waals surface area contributed by atoms with Gasteiger partial charge >= 0.3 is 0 Å². The maximum atomic E-state index is 13.6. The first-order valence-corrected chi connectivity index (χ1v) is 12.8. The number of hydrogen-bond acceptors (Lipinski definition) is 5. The maximum Gasteiger partial charge on any atom is 0.222 e. The van der Waals surface area contributed by atoms with Gasteiger partial charge in [-0.3, -0.25) is 19.6 Å². The predicted octanol–water partition coefficient (Wildman–Crippen LogP) is 3.79. The molecule has 8 nitrogen and oxygen atoms in total. The molecule has 1 amide bonds. The van der Waals surface area contributed by atoms with E-state index in [1.807, 2.05) is 70.2 Å². The highest BCUT2D eigenvalue weighted by atomic mass is 16.2. The van der Waals surface area contributed by atoms with Gasteiger partial charge in [-0.2, -0.15) is 10.2 Å². The molecule has 1 aliphatic rings. The van der Waals surface area contributed by atoms with Crippen LogP contribution in [-0.4, -0.2) is 68.4 Å². The van der Waals surface area contributed by atoms with Crippen molar-refractivity contribution < 1.29 is 4.79 Å². The molecule has 0 bridgehead atoms. The Hall–Kier alpha value is -3.78. The summed E-state index contributed by atoms with van der Waals surface area (Å²) in [6.45, 7) is 6.72. The summed E-state index contributed by atoms with van der Waals surface area (Å²) in [4.78, 5) is 30.3. The van der Waals surface area contributed by atoms with Crippen LogP contribution in [0.15, 0.2) is 65.5 Å². The molecule has 1 saturated heterocycles. The number of hydrogen-bond donors (Lipinski definition) is 1. The SMILES string of the molecule is CCCCC(=O)N1CCN(CCn2nc(-c3ccccc3)c3c(=O)c(-c4ccccc4)n[nH]c32)CC1. The molecule has 3 heterocycles. The molecule has 2 aromatic carbocycles. The molecule has 1 aliphatic heterocycles. The van der Waals surface area contributed by atoms with Gasteiger partial charge < -0.3 is 4.90 Å². The predicted molar refractivity (Wildman–Crippen MR) is 142 cm³/mol. The first-order chi connectivity index (χ1) is 17.7. The summed E-state index contributed by atoms with van der Waals surface area (Å²) in [5.74, 6) is 0.264. The molecular weight excluding hydrogens is 452 g/mol. The lowest BCUT2D eigenvalue weighted by Crippen LogP contribution is -2.49. The van der Waals surface area contributed by atoms with Gasteiger partial charge in [0.15, 0.2) is 5.65 Å². The zero-order valence-corrected chi connectivity index (χ0v) is 20.7. The van der Waals surface area contributed by atoms with Gasteiger partial charge in [0.1, 0.15) is 11.4 Å². The Morgan fingerprint density at radius 2 is 1.53 bits per heavy atom. The maximum absolute atomic E-state index is 13.6. The highest BCUT2D eigenvalue weighted by molar-refractivity contribution is 5.92. The van der Waals surface area contributed by atoms with Gasteiger partial charge in [0.25, 0.3) is 0 Å². The lowest BCUT2D eigenvalue weighted by Gasteiger charge is -2.34. The summed E-state index contributed by atoms with van der Waals surface area (Å²) in [6.07, 6.45) is 2.63. The summed E-state index contributed by atoms with van der Waals surface area (Å²) in [7, 11) is 0. The quantitative estimate of drug-likeness (QED) is 0.411. The zero-order valence-electron chi connectivity index (χ0n) is 20.7. The Morgan fingerprint density at radius 1 is 0.889 bits per heavy atom. The zero-order chi connectivity index (χ0) is 24.9. The fourth-order valence-corrected chi connectivity index (χ4v) is 4.76. The van der Waals surface area contributed by atoms with E-state index in [4.69, 9.17) is 5.10 Å². The third kappa shape index (κ3) is 4.95. The van der Waals surface area contributed by atoms with Crippen LogP contribution in [0, 0.1) is 0 Å². The molecule has 36 heavy (non-hydrogen) atoms. The van der Waals surface area contributed by atoms with E-state index in [0.29, 0.717) is 35.4 Å². The van der Waals surface area contributed by atoms with Crippen LogP contribution in [0.2, 0.25) is 0 Å². The normalized spacial score (nSPS) is 14.4. The van der Waals surface area contributed by atoms with E-state index in [1.54, 1.807) is 0 Å². The van der Waals surface area contributed by atoms with Gasteiger partial charge in [-0.25, -0.2) is 4.68 Å². The number of carbonyl (C=O) groups is 1. The van der Waals surface area contributed by atoms with Crippen molar-refractivity contribution in [3.05, 3.63) is 70.9 Å². The molecule has 8 heteroatoms. The monoisotopic (exact) mass is 484 g/mol. The minimum Gasteiger partial charge on any atom is -0.340 e. The van der Waals surface area contributed by atoms with Crippen LogP contribution in [0.1, 0.15) is 26.2 Å². The Balaban J connectivity index is 1.39.